The number of esters is 1. The summed E-state index contributed by atoms with van der Waals surface area (Å²) in [6.45, 7) is 4.27. The van der Waals surface area contributed by atoms with Gasteiger partial charge in [-0.2, -0.15) is 11.8 Å². The smallest absolute Gasteiger partial charge is 0.338 e. The minimum Gasteiger partial charge on any atom is -0.462 e. The summed E-state index contributed by atoms with van der Waals surface area (Å²) in [5.41, 5.74) is 7.88. The zero-order valence-corrected chi connectivity index (χ0v) is 12.5. The van der Waals surface area contributed by atoms with Crippen LogP contribution >= 0.6 is 11.8 Å². The highest BCUT2D eigenvalue weighted by Gasteiger charge is 2.10. The first kappa shape index (κ1) is 15.7. The maximum atomic E-state index is 11.7. The maximum Gasteiger partial charge on any atom is 0.338 e. The van der Waals surface area contributed by atoms with Crippen LogP contribution in [0.4, 0.5) is 11.4 Å². The molecule has 3 N–H and O–H groups in total. The molecule has 0 saturated carbocycles. The Morgan fingerprint density at radius 2 is 2.26 bits per heavy atom. The molecule has 0 aromatic heterocycles. The van der Waals surface area contributed by atoms with Crippen LogP contribution in [0.15, 0.2) is 18.2 Å². The third kappa shape index (κ3) is 5.03. The minimum absolute atomic E-state index is 0.312. The van der Waals surface area contributed by atoms with Crippen molar-refractivity contribution in [1.82, 2.24) is 0 Å². The molecule has 1 aromatic carbocycles. The van der Waals surface area contributed by atoms with E-state index in [4.69, 9.17) is 10.5 Å². The molecule has 5 heteroatoms. The van der Waals surface area contributed by atoms with Gasteiger partial charge in [-0.3, -0.25) is 0 Å². The van der Waals surface area contributed by atoms with E-state index < -0.39 is 0 Å². The average Bonchev–Trinajstić information content (AvgIpc) is 2.39. The summed E-state index contributed by atoms with van der Waals surface area (Å²) in [6, 6.07) is 5.48. The Balaban J connectivity index is 2.76. The van der Waals surface area contributed by atoms with Gasteiger partial charge in [0, 0.05) is 6.04 Å². The van der Waals surface area contributed by atoms with Crippen LogP contribution in [-0.4, -0.2) is 30.6 Å². The molecule has 0 amide bonds. The van der Waals surface area contributed by atoms with Crippen molar-refractivity contribution >= 4 is 29.1 Å². The number of hydrogen-bond donors (Lipinski definition) is 2. The first-order valence-corrected chi connectivity index (χ1v) is 7.80. The number of anilines is 2. The molecule has 1 atom stereocenters. The number of thioether (sulfide) groups is 1. The van der Waals surface area contributed by atoms with Crippen LogP contribution in [0, 0.1) is 0 Å². The molecule has 0 radical (unpaired) electrons. The first-order chi connectivity index (χ1) is 9.08. The second-order valence-electron chi connectivity index (χ2n) is 4.35. The number of hydrogen-bond acceptors (Lipinski definition) is 5. The van der Waals surface area contributed by atoms with Crippen LogP contribution in [0.5, 0.6) is 0 Å². The Bertz CT molecular complexity index is 424. The van der Waals surface area contributed by atoms with Crippen molar-refractivity contribution in [2.45, 2.75) is 26.3 Å². The average molecular weight is 282 g/mol. The van der Waals surface area contributed by atoms with E-state index in [0.717, 1.165) is 17.9 Å². The van der Waals surface area contributed by atoms with E-state index >= 15 is 0 Å². The summed E-state index contributed by atoms with van der Waals surface area (Å²) < 4.78 is 4.98. The molecule has 0 fully saturated rings. The van der Waals surface area contributed by atoms with Crippen molar-refractivity contribution in [3.63, 3.8) is 0 Å². The third-order valence-electron chi connectivity index (χ3n) is 2.72. The number of carbonyl (C=O) groups is 1. The third-order valence-corrected chi connectivity index (χ3v) is 3.37. The van der Waals surface area contributed by atoms with E-state index in [9.17, 15) is 4.79 Å². The number of rotatable bonds is 7. The molecule has 1 rings (SSSR count). The summed E-state index contributed by atoms with van der Waals surface area (Å²) in [7, 11) is 0. The number of carbonyl (C=O) groups excluding carboxylic acids is 1. The molecule has 1 aromatic rings. The summed E-state index contributed by atoms with van der Waals surface area (Å²) in [6.07, 6.45) is 3.13. The van der Waals surface area contributed by atoms with Gasteiger partial charge in [0.05, 0.1) is 23.5 Å². The number of benzene rings is 1. The Kier molecular flexibility index (Phi) is 6.56. The van der Waals surface area contributed by atoms with Gasteiger partial charge in [0.1, 0.15) is 0 Å². The zero-order valence-electron chi connectivity index (χ0n) is 11.7. The van der Waals surface area contributed by atoms with Crippen LogP contribution in [0.3, 0.4) is 0 Å². The molecule has 0 aliphatic heterocycles. The van der Waals surface area contributed by atoms with Gasteiger partial charge in [-0.05, 0) is 50.5 Å². The lowest BCUT2D eigenvalue weighted by Gasteiger charge is -2.17. The monoisotopic (exact) mass is 282 g/mol. The summed E-state index contributed by atoms with van der Waals surface area (Å²) in [5, 5.41) is 3.34. The highest BCUT2D eigenvalue weighted by atomic mass is 32.2. The maximum absolute atomic E-state index is 11.7. The van der Waals surface area contributed by atoms with Crippen LogP contribution in [-0.2, 0) is 4.74 Å². The Morgan fingerprint density at radius 1 is 1.53 bits per heavy atom. The highest BCUT2D eigenvalue weighted by molar-refractivity contribution is 7.98. The summed E-state index contributed by atoms with van der Waals surface area (Å²) in [5.74, 6) is 0.772. The molecule has 0 bridgehead atoms. The molecule has 4 nitrogen and oxygen atoms in total. The van der Waals surface area contributed by atoms with Gasteiger partial charge in [-0.1, -0.05) is 0 Å². The van der Waals surface area contributed by atoms with Gasteiger partial charge in [-0.25, -0.2) is 4.79 Å². The second kappa shape index (κ2) is 7.94. The zero-order chi connectivity index (χ0) is 14.3. The normalized spacial score (nSPS) is 11.9. The van der Waals surface area contributed by atoms with Gasteiger partial charge in [0.25, 0.3) is 0 Å². The lowest BCUT2D eigenvalue weighted by molar-refractivity contribution is 0.0526. The first-order valence-electron chi connectivity index (χ1n) is 6.40. The molecule has 0 aliphatic rings. The number of nitrogens with two attached hydrogens (primary N) is 1. The minimum atomic E-state index is -0.317. The van der Waals surface area contributed by atoms with E-state index in [-0.39, 0.29) is 5.97 Å². The van der Waals surface area contributed by atoms with Crippen LogP contribution < -0.4 is 11.1 Å². The van der Waals surface area contributed by atoms with Gasteiger partial charge >= 0.3 is 5.97 Å². The highest BCUT2D eigenvalue weighted by Crippen LogP contribution is 2.22. The van der Waals surface area contributed by atoms with E-state index in [0.29, 0.717) is 23.9 Å². The summed E-state index contributed by atoms with van der Waals surface area (Å²) >= 11 is 1.81. The lowest BCUT2D eigenvalue weighted by Crippen LogP contribution is -2.17. The fraction of sp³-hybridized carbons (Fsp3) is 0.500. The number of nitrogen functional groups attached to an aromatic ring is 1. The molecule has 0 spiro atoms. The molecule has 106 valence electrons. The molecule has 19 heavy (non-hydrogen) atoms. The van der Waals surface area contributed by atoms with E-state index in [1.165, 1.54) is 0 Å². The van der Waals surface area contributed by atoms with E-state index in [2.05, 4.69) is 18.5 Å². The van der Waals surface area contributed by atoms with Crippen LogP contribution in [0.1, 0.15) is 30.6 Å². The molecule has 0 heterocycles. The SMILES string of the molecule is CCOC(=O)c1ccc(N)c(NC(C)CCSC)c1. The molecule has 0 aliphatic carbocycles. The molecular weight excluding hydrogens is 260 g/mol. The standard InChI is InChI=1S/C14H22N2O2S/c1-4-18-14(17)11-5-6-12(15)13(9-11)16-10(2)7-8-19-3/h5-6,9-10,16H,4,7-8,15H2,1-3H3. The topological polar surface area (TPSA) is 64.3 Å². The Morgan fingerprint density at radius 3 is 2.89 bits per heavy atom. The second-order valence-corrected chi connectivity index (χ2v) is 5.33. The largest absolute Gasteiger partial charge is 0.462 e. The van der Waals surface area contributed by atoms with Crippen LogP contribution in [0.2, 0.25) is 0 Å². The fourth-order valence-corrected chi connectivity index (χ4v) is 2.24. The van der Waals surface area contributed by atoms with Crippen molar-refractivity contribution in [2.24, 2.45) is 0 Å². The van der Waals surface area contributed by atoms with Crippen molar-refractivity contribution in [2.75, 3.05) is 29.7 Å². The number of nitrogens with one attached hydrogen (secondary N) is 1. The van der Waals surface area contributed by atoms with Crippen molar-refractivity contribution in [3.8, 4) is 0 Å². The van der Waals surface area contributed by atoms with Crippen molar-refractivity contribution < 1.29 is 9.53 Å². The van der Waals surface area contributed by atoms with Gasteiger partial charge in [0.15, 0.2) is 0 Å². The number of ether oxygens (including phenoxy) is 1. The Labute approximate surface area is 119 Å². The predicted octanol–water partition coefficient (Wildman–Crippen LogP) is 3.00. The Hall–Kier alpha value is -1.36. The van der Waals surface area contributed by atoms with Gasteiger partial charge < -0.3 is 15.8 Å². The predicted molar refractivity (Wildman–Crippen MR) is 82.9 cm³/mol. The van der Waals surface area contributed by atoms with Gasteiger partial charge in [0.2, 0.25) is 0 Å². The van der Waals surface area contributed by atoms with Crippen LogP contribution in [0.25, 0.3) is 0 Å². The van der Waals surface area contributed by atoms with Crippen molar-refractivity contribution in [1.29, 1.82) is 0 Å². The van der Waals surface area contributed by atoms with E-state index in [1.54, 1.807) is 25.1 Å². The summed E-state index contributed by atoms with van der Waals surface area (Å²) in [4.78, 5) is 11.7. The molecular formula is C14H22N2O2S. The quantitative estimate of drug-likeness (QED) is 0.594. The van der Waals surface area contributed by atoms with E-state index in [1.807, 2.05) is 11.8 Å². The van der Waals surface area contributed by atoms with Gasteiger partial charge in [-0.15, -0.1) is 0 Å². The molecule has 0 saturated heterocycles. The fourth-order valence-electron chi connectivity index (χ4n) is 1.65. The van der Waals surface area contributed by atoms with Crippen molar-refractivity contribution in [3.05, 3.63) is 23.8 Å². The molecule has 1 unspecified atom stereocenters. The lowest BCUT2D eigenvalue weighted by atomic mass is 10.1.